The van der Waals surface area contributed by atoms with E-state index in [9.17, 15) is 4.79 Å². The Bertz CT molecular complexity index is 182. The van der Waals surface area contributed by atoms with E-state index in [0.29, 0.717) is 13.2 Å². The fraction of sp³-hybridized carbons (Fsp3) is 0.889. The van der Waals surface area contributed by atoms with Gasteiger partial charge in [0.25, 0.3) is 0 Å². The number of ether oxygens (including phenoxy) is 1. The smallest absolute Gasteiger partial charge is 0.407 e. The number of amides is 1. The van der Waals surface area contributed by atoms with E-state index in [4.69, 9.17) is 9.84 Å². The minimum atomic E-state index is -0.824. The van der Waals surface area contributed by atoms with Crippen LogP contribution in [-0.2, 0) is 4.74 Å². The zero-order valence-corrected chi connectivity index (χ0v) is 8.19. The zero-order chi connectivity index (χ0) is 9.84. The first-order chi connectivity index (χ1) is 6.11. The molecule has 1 rings (SSSR count). The summed E-state index contributed by atoms with van der Waals surface area (Å²) in [5.41, 5.74) is 0. The predicted octanol–water partition coefficient (Wildman–Crippen LogP) is 1.55. The summed E-state index contributed by atoms with van der Waals surface area (Å²) in [7, 11) is 0. The number of carboxylic acid groups (broad SMARTS) is 1. The third-order valence-electron chi connectivity index (χ3n) is 2.24. The molecule has 1 saturated heterocycles. The Morgan fingerprint density at radius 1 is 1.69 bits per heavy atom. The Hall–Kier alpha value is -0.770. The van der Waals surface area contributed by atoms with Gasteiger partial charge in [0.05, 0.1) is 18.8 Å². The first-order valence-electron chi connectivity index (χ1n) is 4.72. The van der Waals surface area contributed by atoms with Gasteiger partial charge in [-0.25, -0.2) is 4.79 Å². The van der Waals surface area contributed by atoms with Gasteiger partial charge in [0.15, 0.2) is 0 Å². The van der Waals surface area contributed by atoms with E-state index in [1.165, 1.54) is 4.90 Å². The normalized spacial score (nSPS) is 22.7. The van der Waals surface area contributed by atoms with Crippen LogP contribution in [0.4, 0.5) is 4.79 Å². The molecule has 1 fully saturated rings. The van der Waals surface area contributed by atoms with E-state index < -0.39 is 6.09 Å². The van der Waals surface area contributed by atoms with Crippen LogP contribution in [0.3, 0.4) is 0 Å². The van der Waals surface area contributed by atoms with E-state index in [-0.39, 0.29) is 12.1 Å². The third-order valence-corrected chi connectivity index (χ3v) is 2.24. The SMILES string of the molecule is CC(C)OC[C@@H]1CCCN1C(=O)O. The Kier molecular flexibility index (Phi) is 3.54. The van der Waals surface area contributed by atoms with Gasteiger partial charge in [0.1, 0.15) is 0 Å². The fourth-order valence-corrected chi connectivity index (χ4v) is 1.56. The number of hydrogen-bond acceptors (Lipinski definition) is 2. The average molecular weight is 187 g/mol. The molecule has 1 aliphatic rings. The Morgan fingerprint density at radius 3 is 2.92 bits per heavy atom. The quantitative estimate of drug-likeness (QED) is 0.729. The second kappa shape index (κ2) is 4.46. The molecule has 0 aromatic carbocycles. The molecule has 76 valence electrons. The minimum absolute atomic E-state index is 0.0694. The molecule has 0 aliphatic carbocycles. The van der Waals surface area contributed by atoms with Crippen LogP contribution < -0.4 is 0 Å². The first-order valence-corrected chi connectivity index (χ1v) is 4.72. The number of likely N-dealkylation sites (tertiary alicyclic amines) is 1. The van der Waals surface area contributed by atoms with Gasteiger partial charge >= 0.3 is 6.09 Å². The molecule has 4 heteroatoms. The number of carbonyl (C=O) groups is 1. The molecule has 4 nitrogen and oxygen atoms in total. The summed E-state index contributed by atoms with van der Waals surface area (Å²) in [6.45, 7) is 5.10. The highest BCUT2D eigenvalue weighted by Gasteiger charge is 2.28. The van der Waals surface area contributed by atoms with Crippen LogP contribution >= 0.6 is 0 Å². The lowest BCUT2D eigenvalue weighted by molar-refractivity contribution is 0.0380. The lowest BCUT2D eigenvalue weighted by Crippen LogP contribution is -2.37. The minimum Gasteiger partial charge on any atom is -0.465 e. The summed E-state index contributed by atoms with van der Waals surface area (Å²) in [5.74, 6) is 0. The van der Waals surface area contributed by atoms with Gasteiger partial charge in [-0.15, -0.1) is 0 Å². The van der Waals surface area contributed by atoms with Gasteiger partial charge < -0.3 is 14.7 Å². The second-order valence-electron chi connectivity index (χ2n) is 3.65. The van der Waals surface area contributed by atoms with Crippen molar-refractivity contribution in [2.45, 2.75) is 38.8 Å². The molecule has 0 aromatic rings. The average Bonchev–Trinajstić information content (AvgIpc) is 2.47. The molecule has 0 aromatic heterocycles. The van der Waals surface area contributed by atoms with E-state index in [1.807, 2.05) is 13.8 Å². The maximum Gasteiger partial charge on any atom is 0.407 e. The molecule has 1 N–H and O–H groups in total. The molecule has 1 aliphatic heterocycles. The summed E-state index contributed by atoms with van der Waals surface area (Å²) in [4.78, 5) is 12.2. The van der Waals surface area contributed by atoms with Crippen LogP contribution in [0.1, 0.15) is 26.7 Å². The molecule has 0 radical (unpaired) electrons. The molecule has 0 bridgehead atoms. The Labute approximate surface area is 78.5 Å². The predicted molar refractivity (Wildman–Crippen MR) is 48.8 cm³/mol. The first kappa shape index (κ1) is 10.3. The Balaban J connectivity index is 2.35. The van der Waals surface area contributed by atoms with Crippen molar-refractivity contribution in [3.63, 3.8) is 0 Å². The lowest BCUT2D eigenvalue weighted by atomic mass is 10.2. The van der Waals surface area contributed by atoms with Crippen LogP contribution in [0.5, 0.6) is 0 Å². The van der Waals surface area contributed by atoms with Gasteiger partial charge in [0, 0.05) is 6.54 Å². The summed E-state index contributed by atoms with van der Waals surface area (Å²) in [5, 5.41) is 8.82. The zero-order valence-electron chi connectivity index (χ0n) is 8.19. The highest BCUT2D eigenvalue weighted by molar-refractivity contribution is 5.65. The van der Waals surface area contributed by atoms with E-state index in [0.717, 1.165) is 12.8 Å². The lowest BCUT2D eigenvalue weighted by Gasteiger charge is -2.22. The number of rotatable bonds is 3. The number of nitrogens with zero attached hydrogens (tertiary/aromatic N) is 1. The van der Waals surface area contributed by atoms with Crippen molar-refractivity contribution < 1.29 is 14.6 Å². The monoisotopic (exact) mass is 187 g/mol. The van der Waals surface area contributed by atoms with Crippen molar-refractivity contribution in [3.05, 3.63) is 0 Å². The van der Waals surface area contributed by atoms with Crippen molar-refractivity contribution in [1.82, 2.24) is 4.90 Å². The number of hydrogen-bond donors (Lipinski definition) is 1. The highest BCUT2D eigenvalue weighted by atomic mass is 16.5. The molecule has 0 unspecified atom stereocenters. The maximum atomic E-state index is 10.7. The van der Waals surface area contributed by atoms with Crippen molar-refractivity contribution in [2.75, 3.05) is 13.2 Å². The van der Waals surface area contributed by atoms with Crippen molar-refractivity contribution >= 4 is 6.09 Å². The second-order valence-corrected chi connectivity index (χ2v) is 3.65. The maximum absolute atomic E-state index is 10.7. The van der Waals surface area contributed by atoms with Gasteiger partial charge in [-0.3, -0.25) is 0 Å². The summed E-state index contributed by atoms with van der Waals surface area (Å²) >= 11 is 0. The third kappa shape index (κ3) is 2.88. The Morgan fingerprint density at radius 2 is 2.38 bits per heavy atom. The van der Waals surface area contributed by atoms with E-state index in [2.05, 4.69) is 0 Å². The summed E-state index contributed by atoms with van der Waals surface area (Å²) < 4.78 is 5.40. The molecular weight excluding hydrogens is 170 g/mol. The van der Waals surface area contributed by atoms with E-state index >= 15 is 0 Å². The molecule has 0 saturated carbocycles. The van der Waals surface area contributed by atoms with Crippen molar-refractivity contribution in [1.29, 1.82) is 0 Å². The van der Waals surface area contributed by atoms with Gasteiger partial charge in [-0.2, -0.15) is 0 Å². The van der Waals surface area contributed by atoms with Crippen molar-refractivity contribution in [2.24, 2.45) is 0 Å². The van der Waals surface area contributed by atoms with Gasteiger partial charge in [-0.1, -0.05) is 0 Å². The van der Waals surface area contributed by atoms with Crippen LogP contribution in [0.25, 0.3) is 0 Å². The molecule has 0 spiro atoms. The molecule has 13 heavy (non-hydrogen) atoms. The van der Waals surface area contributed by atoms with Crippen LogP contribution in [0.2, 0.25) is 0 Å². The molecule has 1 amide bonds. The van der Waals surface area contributed by atoms with Crippen LogP contribution in [-0.4, -0.2) is 41.4 Å². The molecule has 1 atom stereocenters. The topological polar surface area (TPSA) is 49.8 Å². The van der Waals surface area contributed by atoms with E-state index in [1.54, 1.807) is 0 Å². The van der Waals surface area contributed by atoms with Gasteiger partial charge in [-0.05, 0) is 26.7 Å². The highest BCUT2D eigenvalue weighted by Crippen LogP contribution is 2.17. The van der Waals surface area contributed by atoms with Crippen LogP contribution in [0, 0.1) is 0 Å². The molecular formula is C9H17NO3. The summed E-state index contributed by atoms with van der Waals surface area (Å²) in [6.07, 6.45) is 1.24. The van der Waals surface area contributed by atoms with Gasteiger partial charge in [0.2, 0.25) is 0 Å². The standard InChI is InChI=1S/C9H17NO3/c1-7(2)13-6-8-4-3-5-10(8)9(11)12/h7-8H,3-6H2,1-2H3,(H,11,12)/t8-/m0/s1. The fourth-order valence-electron chi connectivity index (χ4n) is 1.56. The van der Waals surface area contributed by atoms with Crippen molar-refractivity contribution in [3.8, 4) is 0 Å². The molecule has 1 heterocycles. The largest absolute Gasteiger partial charge is 0.465 e. The van der Waals surface area contributed by atoms with Crippen LogP contribution in [0.15, 0.2) is 0 Å². The summed E-state index contributed by atoms with van der Waals surface area (Å²) in [6, 6.07) is 0.0694.